The molecule has 0 saturated carbocycles. The molecule has 0 atom stereocenters. The van der Waals surface area contributed by atoms with Crippen molar-refractivity contribution in [2.45, 2.75) is 62.8 Å². The van der Waals surface area contributed by atoms with Gasteiger partial charge in [0.05, 0.1) is 0 Å². The van der Waals surface area contributed by atoms with Crippen molar-refractivity contribution in [2.75, 3.05) is 0 Å². The van der Waals surface area contributed by atoms with E-state index in [1.165, 1.54) is 0 Å². The van der Waals surface area contributed by atoms with Crippen molar-refractivity contribution < 1.29 is 1.43 Å². The smallest absolute Gasteiger partial charge is 0 e. The minimum atomic E-state index is 0. The molecule has 0 amide bonds. The highest BCUT2D eigenvalue weighted by molar-refractivity contribution is 5.75. The summed E-state index contributed by atoms with van der Waals surface area (Å²) in [6.45, 7) is 17.0. The highest BCUT2D eigenvalue weighted by Crippen LogP contribution is 1.81. The van der Waals surface area contributed by atoms with E-state index in [0.717, 1.165) is 11.8 Å². The molecule has 3 radical (unpaired) electrons. The molecule has 0 nitrogen and oxygen atoms in total. The molecule has 0 aliphatic rings. The molecule has 0 N–H and O–H groups in total. The molecule has 18 heavy (non-hydrogen) atoms. The van der Waals surface area contributed by atoms with Gasteiger partial charge in [-0.25, -0.2) is 0 Å². The molecule has 1 aromatic rings. The fraction of sp³-hybridized carbons (Fsp3) is 0.647. The average molecular weight is 254 g/mol. The van der Waals surface area contributed by atoms with Gasteiger partial charge in [-0.05, 0) is 11.8 Å². The zero-order valence-electron chi connectivity index (χ0n) is 13.2. The Morgan fingerprint density at radius 3 is 0.667 bits per heavy atom. The maximum Gasteiger partial charge on any atom is 0 e. The summed E-state index contributed by atoms with van der Waals surface area (Å²) in [5, 5.41) is 0. The van der Waals surface area contributed by atoms with Crippen LogP contribution >= 0.6 is 0 Å². The van der Waals surface area contributed by atoms with Gasteiger partial charge in [-0.1, -0.05) is 99.2 Å². The van der Waals surface area contributed by atoms with Crippen molar-refractivity contribution in [1.29, 1.82) is 0 Å². The van der Waals surface area contributed by atoms with Crippen LogP contribution in [0.1, 0.15) is 64.2 Å². The molecule has 0 bridgehead atoms. The largest absolute Gasteiger partial charge is 0.0776 e. The molecular formula is C17H38B. The van der Waals surface area contributed by atoms with E-state index in [4.69, 9.17) is 0 Å². The maximum atomic E-state index is 2.17. The van der Waals surface area contributed by atoms with Crippen molar-refractivity contribution >= 4 is 8.41 Å². The van der Waals surface area contributed by atoms with Gasteiger partial charge in [0.2, 0.25) is 0 Å². The van der Waals surface area contributed by atoms with Crippen LogP contribution in [0.15, 0.2) is 36.4 Å². The fourth-order valence-corrected chi connectivity index (χ4v) is 0.385. The molecule has 0 aliphatic carbocycles. The zero-order valence-corrected chi connectivity index (χ0v) is 13.2. The molecule has 0 fully saturated rings. The Balaban J connectivity index is -0.0000000299. The maximum absolute atomic E-state index is 2.17. The first-order chi connectivity index (χ1) is 7.46. The second-order valence-electron chi connectivity index (χ2n) is 4.62. The van der Waals surface area contributed by atoms with Crippen molar-refractivity contribution in [2.24, 2.45) is 11.8 Å². The number of rotatable bonds is 0. The summed E-state index contributed by atoms with van der Waals surface area (Å²) >= 11 is 0. The summed E-state index contributed by atoms with van der Waals surface area (Å²) in [4.78, 5) is 0. The first kappa shape index (κ1) is 30.4. The van der Waals surface area contributed by atoms with Crippen molar-refractivity contribution in [3.8, 4) is 0 Å². The lowest BCUT2D eigenvalue weighted by Gasteiger charge is -1.79. The molecular weight excluding hydrogens is 215 g/mol. The monoisotopic (exact) mass is 254 g/mol. The molecule has 0 heterocycles. The third kappa shape index (κ3) is 112. The Labute approximate surface area is 121 Å². The lowest BCUT2D eigenvalue weighted by atomic mass is 10.3. The van der Waals surface area contributed by atoms with Gasteiger partial charge < -0.3 is 0 Å². The van der Waals surface area contributed by atoms with Crippen LogP contribution in [0.4, 0.5) is 0 Å². The number of benzene rings is 1. The van der Waals surface area contributed by atoms with Crippen LogP contribution in [0.25, 0.3) is 0 Å². The van der Waals surface area contributed by atoms with Gasteiger partial charge in [-0.15, -0.1) is 0 Å². The van der Waals surface area contributed by atoms with Gasteiger partial charge in [-0.3, -0.25) is 0 Å². The van der Waals surface area contributed by atoms with Crippen LogP contribution in [-0.4, -0.2) is 8.41 Å². The highest BCUT2D eigenvalue weighted by atomic mass is 13.7. The van der Waals surface area contributed by atoms with Gasteiger partial charge in [-0.2, -0.15) is 0 Å². The molecule has 1 rings (SSSR count). The van der Waals surface area contributed by atoms with Crippen LogP contribution in [0.3, 0.4) is 0 Å². The van der Waals surface area contributed by atoms with Crippen LogP contribution in [0.2, 0.25) is 0 Å². The minimum Gasteiger partial charge on any atom is -0.0776 e. The average Bonchev–Trinajstić information content (AvgIpc) is 2.22. The predicted octanol–water partition coefficient (Wildman–Crippen LogP) is 6.54. The van der Waals surface area contributed by atoms with Crippen LogP contribution in [0, 0.1) is 11.8 Å². The molecule has 0 aliphatic heterocycles. The molecule has 1 heteroatoms. The third-order valence-corrected chi connectivity index (χ3v) is 0.667. The van der Waals surface area contributed by atoms with E-state index in [0.29, 0.717) is 0 Å². The summed E-state index contributed by atoms with van der Waals surface area (Å²) in [6.07, 6.45) is 0. The van der Waals surface area contributed by atoms with E-state index in [-0.39, 0.29) is 17.3 Å². The molecule has 0 saturated heterocycles. The van der Waals surface area contributed by atoms with Gasteiger partial charge in [0.25, 0.3) is 0 Å². The van der Waals surface area contributed by atoms with E-state index in [1.807, 2.05) is 50.2 Å². The fourth-order valence-electron chi connectivity index (χ4n) is 0.385. The van der Waals surface area contributed by atoms with E-state index >= 15 is 0 Å². The van der Waals surface area contributed by atoms with Gasteiger partial charge in [0.1, 0.15) is 0 Å². The van der Waals surface area contributed by atoms with Crippen molar-refractivity contribution in [1.82, 2.24) is 0 Å². The Kier molecular flexibility index (Phi) is 50.4. The summed E-state index contributed by atoms with van der Waals surface area (Å²) in [6, 6.07) is 12.0. The van der Waals surface area contributed by atoms with Gasteiger partial charge in [0, 0.05) is 9.84 Å². The Morgan fingerprint density at radius 1 is 0.556 bits per heavy atom. The molecule has 0 unspecified atom stereocenters. The third-order valence-electron chi connectivity index (χ3n) is 0.667. The minimum absolute atomic E-state index is 0. The molecule has 1 aromatic carbocycles. The first-order valence-electron chi connectivity index (χ1n) is 6.46. The van der Waals surface area contributed by atoms with Gasteiger partial charge in [0.15, 0.2) is 0 Å². The summed E-state index contributed by atoms with van der Waals surface area (Å²) in [7, 11) is 0. The zero-order chi connectivity index (χ0) is 13.4. The summed E-state index contributed by atoms with van der Waals surface area (Å²) in [5.74, 6) is 1.67. The number of hydrogen-bond acceptors (Lipinski definition) is 0. The summed E-state index contributed by atoms with van der Waals surface area (Å²) < 4.78 is 0. The lowest BCUT2D eigenvalue weighted by molar-refractivity contribution is 0.736. The predicted molar refractivity (Wildman–Crippen MR) is 93.4 cm³/mol. The van der Waals surface area contributed by atoms with E-state index in [2.05, 4.69) is 41.5 Å². The quantitative estimate of drug-likeness (QED) is 0.461. The molecule has 0 spiro atoms. The Morgan fingerprint density at radius 2 is 0.611 bits per heavy atom. The second kappa shape index (κ2) is 29.9. The van der Waals surface area contributed by atoms with Crippen LogP contribution in [0.5, 0.6) is 0 Å². The van der Waals surface area contributed by atoms with E-state index in [9.17, 15) is 0 Å². The summed E-state index contributed by atoms with van der Waals surface area (Å²) in [5.41, 5.74) is 0. The Bertz CT molecular complexity index is 136. The molecule has 109 valence electrons. The van der Waals surface area contributed by atoms with E-state index in [1.54, 1.807) is 0 Å². The number of hydrogen-bond donors (Lipinski definition) is 0. The van der Waals surface area contributed by atoms with Crippen molar-refractivity contribution in [3.05, 3.63) is 36.4 Å². The SMILES string of the molecule is C.CC.CC(C)C.CC(C)C.[2HH].[B].c1ccccc1. The first-order valence-corrected chi connectivity index (χ1v) is 6.46. The van der Waals surface area contributed by atoms with Crippen LogP contribution in [-0.2, 0) is 0 Å². The molecule has 0 aromatic heterocycles. The Hall–Kier alpha value is -0.715. The highest BCUT2D eigenvalue weighted by Gasteiger charge is 1.68. The topological polar surface area (TPSA) is 0 Å². The lowest BCUT2D eigenvalue weighted by Crippen LogP contribution is -1.66. The second-order valence-corrected chi connectivity index (χ2v) is 4.62. The van der Waals surface area contributed by atoms with E-state index < -0.39 is 0 Å². The van der Waals surface area contributed by atoms with Crippen LogP contribution < -0.4 is 0 Å². The normalized spacial score (nSPS) is 7.00. The standard InChI is InChI=1S/C6H6.2C4H10.C2H6.CH4.B.H2/c1-2-4-6-5-3-1;2*1-4(2)3;1-2;;;/h1-6H;2*4H,1-3H3;1-2H3;1H4;;1H/i;;;;;;1+1. The van der Waals surface area contributed by atoms with Gasteiger partial charge >= 0.3 is 0 Å². The van der Waals surface area contributed by atoms with Crippen molar-refractivity contribution in [3.63, 3.8) is 0 Å².